The van der Waals surface area contributed by atoms with E-state index in [-0.39, 0.29) is 5.56 Å². The number of nitrogens with zero attached hydrogens (tertiary/aromatic N) is 2. The molecule has 5 nitrogen and oxygen atoms in total. The SMILES string of the molecule is O=c1cc(-c2cnc[nH]2)nc[nH]1. The summed E-state index contributed by atoms with van der Waals surface area (Å²) in [6, 6.07) is 1.41. The minimum atomic E-state index is -0.172. The Balaban J connectivity index is 2.55. The van der Waals surface area contributed by atoms with Crippen LogP contribution in [-0.2, 0) is 0 Å². The molecule has 2 aromatic heterocycles. The summed E-state index contributed by atoms with van der Waals surface area (Å²) < 4.78 is 0. The van der Waals surface area contributed by atoms with E-state index in [4.69, 9.17) is 0 Å². The van der Waals surface area contributed by atoms with Crippen LogP contribution in [0.5, 0.6) is 0 Å². The van der Waals surface area contributed by atoms with E-state index in [2.05, 4.69) is 19.9 Å². The minimum Gasteiger partial charge on any atom is -0.343 e. The van der Waals surface area contributed by atoms with Crippen molar-refractivity contribution in [1.82, 2.24) is 19.9 Å². The smallest absolute Gasteiger partial charge is 0.251 e. The Labute approximate surface area is 67.5 Å². The average molecular weight is 162 g/mol. The fourth-order valence-corrected chi connectivity index (χ4v) is 0.912. The van der Waals surface area contributed by atoms with Gasteiger partial charge in [-0.15, -0.1) is 0 Å². The second kappa shape index (κ2) is 2.61. The quantitative estimate of drug-likeness (QED) is 0.627. The minimum absolute atomic E-state index is 0.172. The second-order valence-corrected chi connectivity index (χ2v) is 2.26. The van der Waals surface area contributed by atoms with Gasteiger partial charge in [-0.25, -0.2) is 9.97 Å². The lowest BCUT2D eigenvalue weighted by atomic mass is 10.3. The number of hydrogen-bond acceptors (Lipinski definition) is 3. The molecule has 0 aromatic carbocycles. The molecule has 0 fully saturated rings. The topological polar surface area (TPSA) is 74.4 Å². The van der Waals surface area contributed by atoms with Crippen LogP contribution >= 0.6 is 0 Å². The van der Waals surface area contributed by atoms with Crippen molar-refractivity contribution in [3.8, 4) is 11.4 Å². The zero-order chi connectivity index (χ0) is 8.39. The number of imidazole rings is 1. The molecule has 0 aliphatic rings. The van der Waals surface area contributed by atoms with E-state index in [0.717, 1.165) is 5.69 Å². The predicted octanol–water partition coefficient (Wildman–Crippen LogP) is 0.160. The van der Waals surface area contributed by atoms with Crippen molar-refractivity contribution in [1.29, 1.82) is 0 Å². The fourth-order valence-electron chi connectivity index (χ4n) is 0.912. The van der Waals surface area contributed by atoms with E-state index < -0.39 is 0 Å². The van der Waals surface area contributed by atoms with Gasteiger partial charge in [0.1, 0.15) is 0 Å². The number of nitrogens with one attached hydrogen (secondary N) is 2. The summed E-state index contributed by atoms with van der Waals surface area (Å²) in [5.74, 6) is 0. The van der Waals surface area contributed by atoms with Crippen LogP contribution in [0.4, 0.5) is 0 Å². The van der Waals surface area contributed by atoms with Gasteiger partial charge in [0.05, 0.1) is 30.2 Å². The third-order valence-corrected chi connectivity index (χ3v) is 1.45. The molecule has 2 rings (SSSR count). The van der Waals surface area contributed by atoms with E-state index in [1.54, 1.807) is 6.20 Å². The molecule has 5 heteroatoms. The van der Waals surface area contributed by atoms with Crippen LogP contribution < -0.4 is 5.56 Å². The summed E-state index contributed by atoms with van der Waals surface area (Å²) in [5.41, 5.74) is 1.16. The highest BCUT2D eigenvalue weighted by molar-refractivity contribution is 5.51. The Bertz CT molecular complexity index is 417. The molecule has 0 aliphatic carbocycles. The van der Waals surface area contributed by atoms with Crippen LogP contribution in [0.3, 0.4) is 0 Å². The normalized spacial score (nSPS) is 10.0. The first-order valence-electron chi connectivity index (χ1n) is 3.40. The van der Waals surface area contributed by atoms with E-state index in [0.29, 0.717) is 5.69 Å². The average Bonchev–Trinajstić information content (AvgIpc) is 2.56. The summed E-state index contributed by atoms with van der Waals surface area (Å²) in [5, 5.41) is 0. The summed E-state index contributed by atoms with van der Waals surface area (Å²) >= 11 is 0. The molecule has 2 heterocycles. The molecule has 0 saturated carbocycles. The highest BCUT2D eigenvalue weighted by Crippen LogP contribution is 2.07. The molecule has 0 amide bonds. The van der Waals surface area contributed by atoms with Crippen LogP contribution in [0.15, 0.2) is 29.7 Å². The van der Waals surface area contributed by atoms with Gasteiger partial charge in [0, 0.05) is 6.07 Å². The first kappa shape index (κ1) is 6.78. The second-order valence-electron chi connectivity index (χ2n) is 2.26. The summed E-state index contributed by atoms with van der Waals surface area (Å²) in [7, 11) is 0. The van der Waals surface area contributed by atoms with E-state index in [9.17, 15) is 4.79 Å². The Morgan fingerprint density at radius 3 is 2.83 bits per heavy atom. The van der Waals surface area contributed by atoms with Crippen LogP contribution in [0, 0.1) is 0 Å². The third kappa shape index (κ3) is 1.12. The van der Waals surface area contributed by atoms with E-state index in [1.807, 2.05) is 0 Å². The van der Waals surface area contributed by atoms with Gasteiger partial charge in [-0.05, 0) is 0 Å². The highest BCUT2D eigenvalue weighted by Gasteiger charge is 1.98. The molecule has 0 radical (unpaired) electrons. The van der Waals surface area contributed by atoms with Crippen molar-refractivity contribution in [2.75, 3.05) is 0 Å². The zero-order valence-electron chi connectivity index (χ0n) is 6.11. The molecule has 60 valence electrons. The van der Waals surface area contributed by atoms with Crippen LogP contribution in [0.25, 0.3) is 11.4 Å². The van der Waals surface area contributed by atoms with Gasteiger partial charge in [-0.1, -0.05) is 0 Å². The highest BCUT2D eigenvalue weighted by atomic mass is 16.1. The lowest BCUT2D eigenvalue weighted by Crippen LogP contribution is -2.04. The number of rotatable bonds is 1. The molecule has 0 unspecified atom stereocenters. The molecule has 0 spiro atoms. The van der Waals surface area contributed by atoms with Crippen molar-refractivity contribution < 1.29 is 0 Å². The van der Waals surface area contributed by atoms with Gasteiger partial charge < -0.3 is 9.97 Å². The lowest BCUT2D eigenvalue weighted by Gasteiger charge is -1.92. The van der Waals surface area contributed by atoms with Crippen molar-refractivity contribution in [3.05, 3.63) is 35.3 Å². The maximum Gasteiger partial charge on any atom is 0.251 e. The first-order valence-corrected chi connectivity index (χ1v) is 3.40. The zero-order valence-corrected chi connectivity index (χ0v) is 6.11. The third-order valence-electron chi connectivity index (χ3n) is 1.45. The molecule has 0 saturated heterocycles. The van der Waals surface area contributed by atoms with Gasteiger partial charge in [0.25, 0.3) is 5.56 Å². The maximum absolute atomic E-state index is 10.9. The van der Waals surface area contributed by atoms with Crippen LogP contribution in [0.1, 0.15) is 0 Å². The molecule has 2 N–H and O–H groups in total. The van der Waals surface area contributed by atoms with Crippen LogP contribution in [-0.4, -0.2) is 19.9 Å². The number of H-pyrrole nitrogens is 2. The number of hydrogen-bond donors (Lipinski definition) is 2. The monoisotopic (exact) mass is 162 g/mol. The van der Waals surface area contributed by atoms with Gasteiger partial charge in [-0.3, -0.25) is 4.79 Å². The Morgan fingerprint density at radius 2 is 2.17 bits per heavy atom. The summed E-state index contributed by atoms with van der Waals surface area (Å²) in [4.78, 5) is 23.9. The Kier molecular flexibility index (Phi) is 1.48. The molecule has 12 heavy (non-hydrogen) atoms. The Morgan fingerprint density at radius 1 is 1.25 bits per heavy atom. The molecule has 0 atom stereocenters. The summed E-state index contributed by atoms with van der Waals surface area (Å²) in [6.07, 6.45) is 4.51. The fraction of sp³-hybridized carbons (Fsp3) is 0. The number of aromatic amines is 2. The summed E-state index contributed by atoms with van der Waals surface area (Å²) in [6.45, 7) is 0. The molecule has 0 aliphatic heterocycles. The largest absolute Gasteiger partial charge is 0.343 e. The molecular weight excluding hydrogens is 156 g/mol. The lowest BCUT2D eigenvalue weighted by molar-refractivity contribution is 1.11. The molecular formula is C7H6N4O. The Hall–Kier alpha value is -1.91. The molecule has 2 aromatic rings. The van der Waals surface area contributed by atoms with Crippen molar-refractivity contribution in [3.63, 3.8) is 0 Å². The van der Waals surface area contributed by atoms with E-state index in [1.165, 1.54) is 18.7 Å². The van der Waals surface area contributed by atoms with Gasteiger partial charge >= 0.3 is 0 Å². The van der Waals surface area contributed by atoms with Crippen LogP contribution in [0.2, 0.25) is 0 Å². The van der Waals surface area contributed by atoms with Gasteiger partial charge in [0.2, 0.25) is 0 Å². The maximum atomic E-state index is 10.9. The first-order chi connectivity index (χ1) is 5.86. The van der Waals surface area contributed by atoms with Crippen molar-refractivity contribution >= 4 is 0 Å². The van der Waals surface area contributed by atoms with Gasteiger partial charge in [0.15, 0.2) is 0 Å². The van der Waals surface area contributed by atoms with Crippen molar-refractivity contribution in [2.45, 2.75) is 0 Å². The molecule has 0 bridgehead atoms. The predicted molar refractivity (Wildman–Crippen MR) is 42.4 cm³/mol. The van der Waals surface area contributed by atoms with Crippen molar-refractivity contribution in [2.24, 2.45) is 0 Å². The van der Waals surface area contributed by atoms with E-state index >= 15 is 0 Å². The number of aromatic nitrogens is 4. The van der Waals surface area contributed by atoms with Gasteiger partial charge in [-0.2, -0.15) is 0 Å². The standard InChI is InChI=1S/C7H6N4O/c12-7-1-5(10-4-11-7)6-2-8-3-9-6/h1-4H,(H,8,9)(H,10,11,12).